The predicted molar refractivity (Wildman–Crippen MR) is 71.3 cm³/mol. The van der Waals surface area contributed by atoms with Gasteiger partial charge in [-0.15, -0.1) is 0 Å². The summed E-state index contributed by atoms with van der Waals surface area (Å²) in [5, 5.41) is 8.75. The highest BCUT2D eigenvalue weighted by Gasteiger charge is 2.33. The molecule has 0 bridgehead atoms. The van der Waals surface area contributed by atoms with Crippen LogP contribution < -0.4 is 4.74 Å². The molecule has 4 nitrogen and oxygen atoms in total. The Bertz CT molecular complexity index is 463. The molecule has 0 aliphatic rings. The van der Waals surface area contributed by atoms with E-state index in [0.717, 1.165) is 12.5 Å². The molecule has 0 aliphatic carbocycles. The number of halogens is 3. The quantitative estimate of drug-likeness (QED) is 0.802. The molecule has 0 saturated heterocycles. The van der Waals surface area contributed by atoms with E-state index in [1.807, 2.05) is 6.92 Å². The Labute approximate surface area is 121 Å². The van der Waals surface area contributed by atoms with Crippen LogP contribution >= 0.6 is 0 Å². The second-order valence-electron chi connectivity index (χ2n) is 4.51. The molecule has 21 heavy (non-hydrogen) atoms. The molecule has 0 fully saturated rings. The van der Waals surface area contributed by atoms with Gasteiger partial charge in [-0.05, 0) is 25.1 Å². The molecule has 0 amide bonds. The average molecular weight is 305 g/mol. The monoisotopic (exact) mass is 305 g/mol. The van der Waals surface area contributed by atoms with Crippen molar-refractivity contribution in [2.24, 2.45) is 0 Å². The molecule has 0 aliphatic heterocycles. The number of nitrogens with zero attached hydrogens (tertiary/aromatic N) is 1. The molecule has 0 radical (unpaired) electrons. The maximum atomic E-state index is 12.8. The average Bonchev–Trinajstić information content (AvgIpc) is 2.37. The van der Waals surface area contributed by atoms with Gasteiger partial charge in [0, 0.05) is 6.54 Å². The summed E-state index contributed by atoms with van der Waals surface area (Å²) in [6, 6.07) is 4.97. The lowest BCUT2D eigenvalue weighted by Crippen LogP contribution is -2.34. The van der Waals surface area contributed by atoms with Crippen LogP contribution in [0.4, 0.5) is 13.2 Å². The van der Waals surface area contributed by atoms with Gasteiger partial charge in [0.15, 0.2) is 0 Å². The molecular weight excluding hydrogens is 287 g/mol. The van der Waals surface area contributed by atoms with E-state index in [-0.39, 0.29) is 25.4 Å². The second-order valence-corrected chi connectivity index (χ2v) is 4.51. The van der Waals surface area contributed by atoms with Gasteiger partial charge in [0.2, 0.25) is 0 Å². The summed E-state index contributed by atoms with van der Waals surface area (Å²) in [5.41, 5.74) is -0.828. The van der Waals surface area contributed by atoms with Gasteiger partial charge >= 0.3 is 12.1 Å². The van der Waals surface area contributed by atoms with E-state index in [1.54, 1.807) is 4.90 Å². The third kappa shape index (κ3) is 6.03. The smallest absolute Gasteiger partial charge is 0.419 e. The number of alkyl halides is 3. The fourth-order valence-electron chi connectivity index (χ4n) is 1.89. The lowest BCUT2D eigenvalue weighted by molar-refractivity contribution is -0.139. The van der Waals surface area contributed by atoms with E-state index in [2.05, 4.69) is 0 Å². The topological polar surface area (TPSA) is 49.8 Å². The summed E-state index contributed by atoms with van der Waals surface area (Å²) >= 11 is 0. The maximum Gasteiger partial charge on any atom is 0.419 e. The molecule has 0 spiro atoms. The van der Waals surface area contributed by atoms with Crippen molar-refractivity contribution in [3.8, 4) is 5.75 Å². The predicted octanol–water partition coefficient (Wildman–Crippen LogP) is 2.88. The van der Waals surface area contributed by atoms with Gasteiger partial charge in [0.05, 0.1) is 12.1 Å². The Hall–Kier alpha value is -1.76. The lowest BCUT2D eigenvalue weighted by atomic mass is 10.2. The normalized spacial score (nSPS) is 11.7. The zero-order valence-corrected chi connectivity index (χ0v) is 11.7. The second kappa shape index (κ2) is 7.87. The molecule has 0 saturated carbocycles. The SMILES string of the molecule is CCCN(CCOc1ccccc1C(F)(F)F)CC(=O)O. The zero-order chi connectivity index (χ0) is 15.9. The van der Waals surface area contributed by atoms with Crippen molar-refractivity contribution in [2.45, 2.75) is 19.5 Å². The van der Waals surface area contributed by atoms with Crippen LogP contribution in [-0.4, -0.2) is 42.2 Å². The molecule has 0 aromatic heterocycles. The largest absolute Gasteiger partial charge is 0.492 e. The Morgan fingerprint density at radius 3 is 2.52 bits per heavy atom. The van der Waals surface area contributed by atoms with Gasteiger partial charge in [-0.25, -0.2) is 0 Å². The Balaban J connectivity index is 2.61. The van der Waals surface area contributed by atoms with Crippen molar-refractivity contribution in [3.05, 3.63) is 29.8 Å². The van der Waals surface area contributed by atoms with Crippen molar-refractivity contribution >= 4 is 5.97 Å². The summed E-state index contributed by atoms with van der Waals surface area (Å²) in [5.74, 6) is -1.21. The lowest BCUT2D eigenvalue weighted by Gasteiger charge is -2.20. The minimum atomic E-state index is -4.47. The molecule has 7 heteroatoms. The number of hydrogen-bond acceptors (Lipinski definition) is 3. The number of carbonyl (C=O) groups is 1. The number of carboxylic acid groups (broad SMARTS) is 1. The van der Waals surface area contributed by atoms with Crippen LogP contribution in [0.1, 0.15) is 18.9 Å². The highest BCUT2D eigenvalue weighted by atomic mass is 19.4. The molecule has 118 valence electrons. The Kier molecular flexibility index (Phi) is 6.48. The molecule has 1 aromatic carbocycles. The third-order valence-electron chi connectivity index (χ3n) is 2.76. The highest BCUT2D eigenvalue weighted by Crippen LogP contribution is 2.35. The molecule has 1 aromatic rings. The van der Waals surface area contributed by atoms with Crippen molar-refractivity contribution in [3.63, 3.8) is 0 Å². The van der Waals surface area contributed by atoms with E-state index in [9.17, 15) is 18.0 Å². The number of ether oxygens (including phenoxy) is 1. The van der Waals surface area contributed by atoms with Crippen LogP contribution in [-0.2, 0) is 11.0 Å². The minimum Gasteiger partial charge on any atom is -0.492 e. The fourth-order valence-corrected chi connectivity index (χ4v) is 1.89. The highest BCUT2D eigenvalue weighted by molar-refractivity contribution is 5.69. The standard InChI is InChI=1S/C14H18F3NO3/c1-2-7-18(10-13(19)20)8-9-21-12-6-4-3-5-11(12)14(15,16)17/h3-6H,2,7-10H2,1H3,(H,19,20). The zero-order valence-electron chi connectivity index (χ0n) is 11.7. The first-order valence-corrected chi connectivity index (χ1v) is 6.57. The summed E-state index contributed by atoms with van der Waals surface area (Å²) in [7, 11) is 0. The van der Waals surface area contributed by atoms with E-state index in [4.69, 9.17) is 9.84 Å². The van der Waals surface area contributed by atoms with Crippen molar-refractivity contribution in [1.29, 1.82) is 0 Å². The van der Waals surface area contributed by atoms with Crippen LogP contribution in [0.3, 0.4) is 0 Å². The molecule has 0 heterocycles. The molecule has 0 unspecified atom stereocenters. The van der Waals surface area contributed by atoms with Gasteiger partial charge in [0.1, 0.15) is 12.4 Å². The Morgan fingerprint density at radius 2 is 1.95 bits per heavy atom. The fraction of sp³-hybridized carbons (Fsp3) is 0.500. The first kappa shape index (κ1) is 17.3. The minimum absolute atomic E-state index is 0.000370. The van der Waals surface area contributed by atoms with E-state index in [0.29, 0.717) is 6.54 Å². The van der Waals surface area contributed by atoms with E-state index < -0.39 is 17.7 Å². The molecule has 1 rings (SSSR count). The molecule has 1 N–H and O–H groups in total. The van der Waals surface area contributed by atoms with E-state index >= 15 is 0 Å². The van der Waals surface area contributed by atoms with Crippen molar-refractivity contribution in [2.75, 3.05) is 26.2 Å². The third-order valence-corrected chi connectivity index (χ3v) is 2.76. The maximum absolute atomic E-state index is 12.8. The summed E-state index contributed by atoms with van der Waals surface area (Å²) < 4.78 is 43.4. The first-order chi connectivity index (χ1) is 9.84. The van der Waals surface area contributed by atoms with Crippen LogP contribution in [0.15, 0.2) is 24.3 Å². The van der Waals surface area contributed by atoms with Gasteiger partial charge in [0.25, 0.3) is 0 Å². The van der Waals surface area contributed by atoms with Gasteiger partial charge in [-0.3, -0.25) is 9.69 Å². The molecular formula is C14H18F3NO3. The first-order valence-electron chi connectivity index (χ1n) is 6.57. The summed E-state index contributed by atoms with van der Waals surface area (Å²) in [6.45, 7) is 2.55. The number of benzene rings is 1. The van der Waals surface area contributed by atoms with Crippen molar-refractivity contribution in [1.82, 2.24) is 4.90 Å². The van der Waals surface area contributed by atoms with E-state index in [1.165, 1.54) is 18.2 Å². The Morgan fingerprint density at radius 1 is 1.29 bits per heavy atom. The molecule has 0 atom stereocenters. The van der Waals surface area contributed by atoms with Crippen LogP contribution in [0, 0.1) is 0 Å². The van der Waals surface area contributed by atoms with Crippen LogP contribution in [0.2, 0.25) is 0 Å². The number of hydrogen-bond donors (Lipinski definition) is 1. The number of para-hydroxylation sites is 1. The number of carboxylic acids is 1. The summed E-state index contributed by atoms with van der Waals surface area (Å²) in [6.07, 6.45) is -3.72. The van der Waals surface area contributed by atoms with Gasteiger partial charge in [-0.2, -0.15) is 13.2 Å². The summed E-state index contributed by atoms with van der Waals surface area (Å²) in [4.78, 5) is 12.3. The number of aliphatic carboxylic acids is 1. The van der Waals surface area contributed by atoms with Gasteiger partial charge < -0.3 is 9.84 Å². The van der Waals surface area contributed by atoms with Gasteiger partial charge in [-0.1, -0.05) is 19.1 Å². The van der Waals surface area contributed by atoms with Crippen LogP contribution in [0.5, 0.6) is 5.75 Å². The number of rotatable bonds is 8. The van der Waals surface area contributed by atoms with Crippen LogP contribution in [0.25, 0.3) is 0 Å². The van der Waals surface area contributed by atoms with Crippen molar-refractivity contribution < 1.29 is 27.8 Å².